The van der Waals surface area contributed by atoms with Crippen LogP contribution < -0.4 is 0 Å². The Morgan fingerprint density at radius 3 is 1.57 bits per heavy atom. The molecule has 7 nitrogen and oxygen atoms in total. The molecule has 3 rings (SSSR count). The summed E-state index contributed by atoms with van der Waals surface area (Å²) < 4.78 is 17.7. The highest BCUT2D eigenvalue weighted by molar-refractivity contribution is 5.90. The number of aliphatic hydroxyl groups excluding tert-OH is 3. The minimum atomic E-state index is -0.411. The van der Waals surface area contributed by atoms with Crippen LogP contribution in [-0.2, 0) is 19.0 Å². The summed E-state index contributed by atoms with van der Waals surface area (Å²) in [6.45, 7) is 4.02. The van der Waals surface area contributed by atoms with Crippen molar-refractivity contribution in [2.45, 2.75) is 217 Å². The van der Waals surface area contributed by atoms with Crippen molar-refractivity contribution in [3.8, 4) is 0 Å². The first-order chi connectivity index (χ1) is 21.4. The summed E-state index contributed by atoms with van der Waals surface area (Å²) >= 11 is 0. The second-order valence-electron chi connectivity index (χ2n) is 14.0. The third-order valence-electron chi connectivity index (χ3n) is 10.0. The van der Waals surface area contributed by atoms with E-state index in [1.54, 1.807) is 0 Å². The maximum atomic E-state index is 11.6. The van der Waals surface area contributed by atoms with E-state index < -0.39 is 12.2 Å². The smallest absolute Gasteiger partial charge is 0.334 e. The lowest BCUT2D eigenvalue weighted by molar-refractivity contribution is -0.139. The van der Waals surface area contributed by atoms with Gasteiger partial charge in [0.05, 0.1) is 42.7 Å². The Bertz CT molecular complexity index is 801. The number of rotatable bonds is 25. The van der Waals surface area contributed by atoms with Crippen LogP contribution in [0.1, 0.15) is 168 Å². The molecule has 0 unspecified atom stereocenters. The number of hydrogen-bond acceptors (Lipinski definition) is 7. The zero-order valence-corrected chi connectivity index (χ0v) is 28.1. The van der Waals surface area contributed by atoms with Crippen LogP contribution in [0.4, 0.5) is 0 Å². The van der Waals surface area contributed by atoms with Gasteiger partial charge in [-0.3, -0.25) is 0 Å². The molecule has 2 saturated heterocycles. The van der Waals surface area contributed by atoms with Crippen molar-refractivity contribution >= 4 is 5.97 Å². The fourth-order valence-electron chi connectivity index (χ4n) is 7.33. The summed E-state index contributed by atoms with van der Waals surface area (Å²) in [5.74, 6) is -0.122. The summed E-state index contributed by atoms with van der Waals surface area (Å²) in [6.07, 6.45) is 26.1. The maximum Gasteiger partial charge on any atom is 0.334 e. The predicted octanol–water partition coefficient (Wildman–Crippen LogP) is 7.86. The van der Waals surface area contributed by atoms with E-state index in [-0.39, 0.29) is 42.6 Å². The van der Waals surface area contributed by atoms with Crippen molar-refractivity contribution < 1.29 is 34.3 Å². The number of hydrogen-bond donors (Lipinski definition) is 3. The predicted molar refractivity (Wildman–Crippen MR) is 175 cm³/mol. The molecule has 3 aliphatic rings. The van der Waals surface area contributed by atoms with E-state index in [1.165, 1.54) is 51.4 Å². The Balaban J connectivity index is 1.12. The van der Waals surface area contributed by atoms with E-state index in [4.69, 9.17) is 14.2 Å². The van der Waals surface area contributed by atoms with E-state index in [0.29, 0.717) is 0 Å². The number of cyclic esters (lactones) is 1. The lowest BCUT2D eigenvalue weighted by atomic mass is 10.00. The highest BCUT2D eigenvalue weighted by Gasteiger charge is 2.40. The third kappa shape index (κ3) is 14.2. The van der Waals surface area contributed by atoms with Gasteiger partial charge >= 0.3 is 5.97 Å². The van der Waals surface area contributed by atoms with Gasteiger partial charge in [0.2, 0.25) is 0 Å². The molecule has 256 valence electrons. The Morgan fingerprint density at radius 1 is 0.659 bits per heavy atom. The molecule has 0 amide bonds. The minimum Gasteiger partial charge on any atom is -0.455 e. The fraction of sp³-hybridized carbons (Fsp3) is 0.919. The first-order valence-corrected chi connectivity index (χ1v) is 18.6. The lowest BCUT2D eigenvalue weighted by Crippen LogP contribution is -2.33. The largest absolute Gasteiger partial charge is 0.455 e. The topological polar surface area (TPSA) is 105 Å². The molecule has 44 heavy (non-hydrogen) atoms. The van der Waals surface area contributed by atoms with E-state index in [9.17, 15) is 20.1 Å². The molecule has 8 atom stereocenters. The summed E-state index contributed by atoms with van der Waals surface area (Å²) in [5, 5.41) is 31.3. The van der Waals surface area contributed by atoms with Crippen LogP contribution in [0.2, 0.25) is 0 Å². The normalized spacial score (nSPS) is 27.4. The van der Waals surface area contributed by atoms with E-state index >= 15 is 0 Å². The van der Waals surface area contributed by atoms with Crippen LogP contribution >= 0.6 is 0 Å². The van der Waals surface area contributed by atoms with Crippen molar-refractivity contribution in [2.75, 3.05) is 0 Å². The van der Waals surface area contributed by atoms with E-state index in [1.807, 2.05) is 13.0 Å². The standard InChI is InChI=1S/C37H66O7/c1-3-18-30(38)20-15-12-13-17-22-32(40)34-24-26-36(44-34)35-25-23-33(43-35)31(39)21-16-11-9-7-5-4-6-8-10-14-19-29-27-28(2)42-37(29)41/h27-28,30-36,38-40H,3-26H2,1-2H3/t28-,30+,31+,32-,33+,34+,35+,36+/m0/s1. The summed E-state index contributed by atoms with van der Waals surface area (Å²) in [4.78, 5) is 11.6. The monoisotopic (exact) mass is 622 g/mol. The van der Waals surface area contributed by atoms with E-state index in [0.717, 1.165) is 108 Å². The van der Waals surface area contributed by atoms with Crippen molar-refractivity contribution in [3.05, 3.63) is 11.6 Å². The first-order valence-electron chi connectivity index (χ1n) is 18.6. The Labute approximate surface area is 268 Å². The number of ether oxygens (including phenoxy) is 3. The molecule has 0 radical (unpaired) electrons. The molecule has 0 aromatic rings. The second-order valence-corrected chi connectivity index (χ2v) is 14.0. The molecule has 2 fully saturated rings. The van der Waals surface area contributed by atoms with Crippen LogP contribution in [0.3, 0.4) is 0 Å². The van der Waals surface area contributed by atoms with Crippen LogP contribution in [0.15, 0.2) is 11.6 Å². The molecule has 3 N–H and O–H groups in total. The zero-order valence-electron chi connectivity index (χ0n) is 28.1. The van der Waals surface area contributed by atoms with Crippen LogP contribution in [0.5, 0.6) is 0 Å². The average molecular weight is 623 g/mol. The SMILES string of the molecule is CCC[C@@H](O)CCCCCC[C@H](O)[C@H]1CC[C@H]([C@H]2CC[C@H]([C@H](O)CCCCCCCCCCCCC3=C[C@H](C)OC3=O)O2)O1. The molecule has 0 aliphatic carbocycles. The van der Waals surface area contributed by atoms with Crippen molar-refractivity contribution in [2.24, 2.45) is 0 Å². The summed E-state index contributed by atoms with van der Waals surface area (Å²) in [5.41, 5.74) is 0.864. The van der Waals surface area contributed by atoms with Crippen molar-refractivity contribution in [3.63, 3.8) is 0 Å². The van der Waals surface area contributed by atoms with Gasteiger partial charge in [-0.15, -0.1) is 0 Å². The number of carbonyl (C=O) groups is 1. The van der Waals surface area contributed by atoms with Gasteiger partial charge in [0, 0.05) is 5.57 Å². The van der Waals surface area contributed by atoms with Gasteiger partial charge < -0.3 is 29.5 Å². The van der Waals surface area contributed by atoms with Gasteiger partial charge in [-0.1, -0.05) is 96.8 Å². The molecule has 0 aromatic carbocycles. The minimum absolute atomic E-state index is 0.0409. The molecule has 3 heterocycles. The molecule has 0 bridgehead atoms. The second kappa shape index (κ2) is 21.7. The molecule has 3 aliphatic heterocycles. The highest BCUT2D eigenvalue weighted by Crippen LogP contribution is 2.34. The van der Waals surface area contributed by atoms with E-state index in [2.05, 4.69) is 6.92 Å². The third-order valence-corrected chi connectivity index (χ3v) is 10.0. The molecule has 7 heteroatoms. The van der Waals surface area contributed by atoms with Gasteiger partial charge in [0.15, 0.2) is 0 Å². The lowest BCUT2D eigenvalue weighted by Gasteiger charge is -2.24. The maximum absolute atomic E-state index is 11.6. The van der Waals surface area contributed by atoms with Gasteiger partial charge in [0.1, 0.15) is 6.10 Å². The quantitative estimate of drug-likeness (QED) is 0.0703. The Kier molecular flexibility index (Phi) is 18.5. The number of aliphatic hydroxyl groups is 3. The van der Waals surface area contributed by atoms with Gasteiger partial charge in [-0.05, 0) is 77.2 Å². The van der Waals surface area contributed by atoms with Gasteiger partial charge in [-0.25, -0.2) is 4.79 Å². The molecular formula is C37H66O7. The molecular weight excluding hydrogens is 556 g/mol. The van der Waals surface area contributed by atoms with Gasteiger partial charge in [0.25, 0.3) is 0 Å². The average Bonchev–Trinajstić information content (AvgIpc) is 3.75. The summed E-state index contributed by atoms with van der Waals surface area (Å²) in [6, 6.07) is 0. The van der Waals surface area contributed by atoms with Crippen molar-refractivity contribution in [1.82, 2.24) is 0 Å². The fourth-order valence-corrected chi connectivity index (χ4v) is 7.33. The van der Waals surface area contributed by atoms with Crippen LogP contribution in [0.25, 0.3) is 0 Å². The number of carbonyl (C=O) groups excluding carboxylic acids is 1. The van der Waals surface area contributed by atoms with Crippen LogP contribution in [0, 0.1) is 0 Å². The number of unbranched alkanes of at least 4 members (excludes halogenated alkanes) is 12. The Hall–Kier alpha value is -0.990. The molecule has 0 saturated carbocycles. The summed E-state index contributed by atoms with van der Waals surface area (Å²) in [7, 11) is 0. The zero-order chi connectivity index (χ0) is 31.6. The van der Waals surface area contributed by atoms with Crippen molar-refractivity contribution in [1.29, 1.82) is 0 Å². The molecule has 0 aromatic heterocycles. The first kappa shape index (κ1) is 37.5. The van der Waals surface area contributed by atoms with Crippen LogP contribution in [-0.4, -0.2) is 70.1 Å². The number of esters is 1. The molecule has 0 spiro atoms. The Morgan fingerprint density at radius 2 is 1.11 bits per heavy atom. The van der Waals surface area contributed by atoms with Gasteiger partial charge in [-0.2, -0.15) is 0 Å². The highest BCUT2D eigenvalue weighted by atomic mass is 16.6.